The molecule has 0 spiro atoms. The highest BCUT2D eigenvalue weighted by Gasteiger charge is 2.17. The number of nitrogens with zero attached hydrogens (tertiary/aromatic N) is 2. The molecule has 0 saturated carbocycles. The second-order valence-corrected chi connectivity index (χ2v) is 7.67. The summed E-state index contributed by atoms with van der Waals surface area (Å²) < 4.78 is 18.1. The second kappa shape index (κ2) is 10.3. The number of amides is 1. The van der Waals surface area contributed by atoms with Gasteiger partial charge in [0, 0.05) is 49.9 Å². The molecule has 0 atom stereocenters. The normalized spacial score (nSPS) is 14.7. The topological polar surface area (TPSA) is 44.8 Å². The lowest BCUT2D eigenvalue weighted by Crippen LogP contribution is -2.48. The van der Waals surface area contributed by atoms with Crippen LogP contribution in [-0.4, -0.2) is 62.9 Å². The first-order valence-electron chi connectivity index (χ1n) is 9.40. The van der Waals surface area contributed by atoms with E-state index in [2.05, 4.69) is 27.2 Å². The Morgan fingerprint density at radius 3 is 2.39 bits per heavy atom. The molecule has 1 aliphatic heterocycles. The first kappa shape index (κ1) is 20.5. The van der Waals surface area contributed by atoms with Gasteiger partial charge in [0.05, 0.1) is 12.9 Å². The average molecular weight is 404 g/mol. The van der Waals surface area contributed by atoms with Crippen molar-refractivity contribution in [3.8, 4) is 5.75 Å². The highest BCUT2D eigenvalue weighted by molar-refractivity contribution is 8.00. The summed E-state index contributed by atoms with van der Waals surface area (Å²) >= 11 is 1.42. The minimum atomic E-state index is -0.263. The third kappa shape index (κ3) is 6.14. The number of rotatable bonds is 8. The van der Waals surface area contributed by atoms with Gasteiger partial charge in [-0.05, 0) is 48.5 Å². The Morgan fingerprint density at radius 1 is 1.07 bits per heavy atom. The van der Waals surface area contributed by atoms with Gasteiger partial charge in [-0.2, -0.15) is 0 Å². The number of halogens is 1. The van der Waals surface area contributed by atoms with Crippen LogP contribution in [0.4, 0.5) is 10.1 Å². The van der Waals surface area contributed by atoms with Gasteiger partial charge in [-0.1, -0.05) is 0 Å². The predicted molar refractivity (Wildman–Crippen MR) is 112 cm³/mol. The van der Waals surface area contributed by atoms with Crippen molar-refractivity contribution < 1.29 is 13.9 Å². The summed E-state index contributed by atoms with van der Waals surface area (Å²) in [6.07, 6.45) is 0. The standard InChI is InChI=1S/C21H26FN3O2S/c1-27-19-6-4-18(5-7-19)25-14-12-24(13-15-25)11-10-23-21(26)16-28-20-8-2-17(22)3-9-20/h2-9H,10-16H2,1H3,(H,23,26). The molecule has 1 fully saturated rings. The first-order valence-corrected chi connectivity index (χ1v) is 10.4. The zero-order valence-electron chi connectivity index (χ0n) is 16.1. The van der Waals surface area contributed by atoms with Crippen LogP contribution in [0.2, 0.25) is 0 Å². The van der Waals surface area contributed by atoms with E-state index in [1.807, 2.05) is 12.1 Å². The lowest BCUT2D eigenvalue weighted by molar-refractivity contribution is -0.118. The maximum Gasteiger partial charge on any atom is 0.230 e. The molecule has 1 N–H and O–H groups in total. The van der Waals surface area contributed by atoms with Crippen molar-refractivity contribution >= 4 is 23.4 Å². The number of carbonyl (C=O) groups is 1. The summed E-state index contributed by atoms with van der Waals surface area (Å²) in [6, 6.07) is 14.4. The highest BCUT2D eigenvalue weighted by atomic mass is 32.2. The molecule has 7 heteroatoms. The smallest absolute Gasteiger partial charge is 0.230 e. The molecule has 28 heavy (non-hydrogen) atoms. The van der Waals surface area contributed by atoms with E-state index in [-0.39, 0.29) is 11.7 Å². The molecule has 1 aliphatic rings. The fraction of sp³-hybridized carbons (Fsp3) is 0.381. The molecule has 0 aromatic heterocycles. The molecule has 150 valence electrons. The number of anilines is 1. The van der Waals surface area contributed by atoms with Crippen molar-refractivity contribution in [2.24, 2.45) is 0 Å². The summed E-state index contributed by atoms with van der Waals surface area (Å²) in [6.45, 7) is 5.40. The number of hydrogen-bond acceptors (Lipinski definition) is 5. The molecule has 2 aromatic rings. The van der Waals surface area contributed by atoms with Gasteiger partial charge in [0.15, 0.2) is 0 Å². The second-order valence-electron chi connectivity index (χ2n) is 6.62. The molecule has 0 radical (unpaired) electrons. The molecule has 3 rings (SSSR count). The quantitative estimate of drug-likeness (QED) is 0.687. The van der Waals surface area contributed by atoms with Crippen LogP contribution in [-0.2, 0) is 4.79 Å². The number of hydrogen-bond donors (Lipinski definition) is 1. The molecular weight excluding hydrogens is 377 g/mol. The van der Waals surface area contributed by atoms with E-state index in [9.17, 15) is 9.18 Å². The Labute approximate surface area is 169 Å². The summed E-state index contributed by atoms with van der Waals surface area (Å²) in [7, 11) is 1.67. The van der Waals surface area contributed by atoms with Crippen LogP contribution in [0.3, 0.4) is 0 Å². The Balaban J connectivity index is 1.31. The molecule has 0 aliphatic carbocycles. The maximum atomic E-state index is 12.9. The number of carbonyl (C=O) groups excluding carboxylic acids is 1. The van der Waals surface area contributed by atoms with Gasteiger partial charge in [-0.3, -0.25) is 9.69 Å². The SMILES string of the molecule is COc1ccc(N2CCN(CCNC(=O)CSc3ccc(F)cc3)CC2)cc1. The van der Waals surface area contributed by atoms with E-state index in [0.717, 1.165) is 43.4 Å². The minimum Gasteiger partial charge on any atom is -0.497 e. The molecule has 1 heterocycles. The zero-order valence-corrected chi connectivity index (χ0v) is 16.9. The number of nitrogens with one attached hydrogen (secondary N) is 1. The Kier molecular flexibility index (Phi) is 7.56. The Morgan fingerprint density at radius 2 is 1.75 bits per heavy atom. The van der Waals surface area contributed by atoms with E-state index in [1.54, 1.807) is 19.2 Å². The summed E-state index contributed by atoms with van der Waals surface area (Å²) in [5, 5.41) is 2.96. The van der Waals surface area contributed by atoms with Gasteiger partial charge < -0.3 is 15.0 Å². The van der Waals surface area contributed by atoms with E-state index in [1.165, 1.54) is 29.6 Å². The Bertz CT molecular complexity index is 747. The van der Waals surface area contributed by atoms with Crippen molar-refractivity contribution in [3.05, 3.63) is 54.3 Å². The third-order valence-corrected chi connectivity index (χ3v) is 5.76. The van der Waals surface area contributed by atoms with Gasteiger partial charge >= 0.3 is 0 Å². The maximum absolute atomic E-state index is 12.9. The number of benzene rings is 2. The molecule has 1 saturated heterocycles. The average Bonchev–Trinajstić information content (AvgIpc) is 2.74. The van der Waals surface area contributed by atoms with Crippen LogP contribution in [0.5, 0.6) is 5.75 Å². The van der Waals surface area contributed by atoms with Crippen LogP contribution in [0, 0.1) is 5.82 Å². The largest absolute Gasteiger partial charge is 0.497 e. The molecular formula is C21H26FN3O2S. The van der Waals surface area contributed by atoms with Crippen LogP contribution in [0.1, 0.15) is 0 Å². The van der Waals surface area contributed by atoms with Crippen molar-refractivity contribution in [1.82, 2.24) is 10.2 Å². The van der Waals surface area contributed by atoms with E-state index in [0.29, 0.717) is 12.3 Å². The number of piperazine rings is 1. The van der Waals surface area contributed by atoms with Gasteiger partial charge in [-0.25, -0.2) is 4.39 Å². The van der Waals surface area contributed by atoms with Crippen LogP contribution in [0.15, 0.2) is 53.4 Å². The molecule has 0 bridgehead atoms. The number of thioether (sulfide) groups is 1. The van der Waals surface area contributed by atoms with Crippen molar-refractivity contribution in [2.45, 2.75) is 4.90 Å². The number of ether oxygens (including phenoxy) is 1. The fourth-order valence-electron chi connectivity index (χ4n) is 3.11. The summed E-state index contributed by atoms with van der Waals surface area (Å²) in [5.74, 6) is 0.958. The lowest BCUT2D eigenvalue weighted by atomic mass is 10.2. The lowest BCUT2D eigenvalue weighted by Gasteiger charge is -2.36. The van der Waals surface area contributed by atoms with Crippen LogP contribution < -0.4 is 15.0 Å². The van der Waals surface area contributed by atoms with E-state index in [4.69, 9.17) is 4.74 Å². The van der Waals surface area contributed by atoms with Crippen molar-refractivity contribution in [2.75, 3.05) is 57.0 Å². The van der Waals surface area contributed by atoms with Crippen molar-refractivity contribution in [3.63, 3.8) is 0 Å². The number of methoxy groups -OCH3 is 1. The highest BCUT2D eigenvalue weighted by Crippen LogP contribution is 2.20. The third-order valence-electron chi connectivity index (χ3n) is 4.74. The van der Waals surface area contributed by atoms with E-state index >= 15 is 0 Å². The van der Waals surface area contributed by atoms with Gasteiger partial charge in [0.1, 0.15) is 11.6 Å². The fourth-order valence-corrected chi connectivity index (χ4v) is 3.84. The minimum absolute atomic E-state index is 0.00574. The summed E-state index contributed by atoms with van der Waals surface area (Å²) in [5.41, 5.74) is 1.21. The molecule has 1 amide bonds. The molecule has 2 aromatic carbocycles. The van der Waals surface area contributed by atoms with Gasteiger partial charge in [0.2, 0.25) is 5.91 Å². The van der Waals surface area contributed by atoms with Crippen molar-refractivity contribution in [1.29, 1.82) is 0 Å². The van der Waals surface area contributed by atoms with Crippen LogP contribution in [0.25, 0.3) is 0 Å². The first-order chi connectivity index (χ1) is 13.6. The predicted octanol–water partition coefficient (Wildman–Crippen LogP) is 2.86. The monoisotopic (exact) mass is 403 g/mol. The van der Waals surface area contributed by atoms with Gasteiger partial charge in [-0.15, -0.1) is 11.8 Å². The molecule has 5 nitrogen and oxygen atoms in total. The van der Waals surface area contributed by atoms with Crippen LogP contribution >= 0.6 is 11.8 Å². The Hall–Kier alpha value is -2.25. The zero-order chi connectivity index (χ0) is 19.8. The molecule has 0 unspecified atom stereocenters. The van der Waals surface area contributed by atoms with E-state index < -0.39 is 0 Å². The summed E-state index contributed by atoms with van der Waals surface area (Å²) in [4.78, 5) is 17.6. The van der Waals surface area contributed by atoms with Gasteiger partial charge in [0.25, 0.3) is 0 Å².